The van der Waals surface area contributed by atoms with Gasteiger partial charge in [0.15, 0.2) is 0 Å². The molecule has 3 heteroatoms. The average molecular weight is 302 g/mol. The maximum atomic E-state index is 6.62. The van der Waals surface area contributed by atoms with E-state index in [1.807, 2.05) is 0 Å². The Hall–Kier alpha value is -1.19. The van der Waals surface area contributed by atoms with Gasteiger partial charge >= 0.3 is 0 Å². The van der Waals surface area contributed by atoms with Crippen molar-refractivity contribution in [3.8, 4) is 0 Å². The lowest BCUT2D eigenvalue weighted by Gasteiger charge is -2.26. The molecule has 0 aliphatic rings. The van der Waals surface area contributed by atoms with Crippen LogP contribution in [0.15, 0.2) is 23.6 Å². The van der Waals surface area contributed by atoms with Crippen molar-refractivity contribution in [1.29, 1.82) is 0 Å². The Bertz CT molecular complexity index is 633. The summed E-state index contributed by atoms with van der Waals surface area (Å²) in [4.78, 5) is 4.78. The summed E-state index contributed by atoms with van der Waals surface area (Å²) in [5, 5.41) is 3.28. The van der Waals surface area contributed by atoms with E-state index in [-0.39, 0.29) is 11.0 Å². The molecule has 0 saturated heterocycles. The van der Waals surface area contributed by atoms with E-state index < -0.39 is 0 Å². The zero-order valence-corrected chi connectivity index (χ0v) is 14.8. The standard InChI is InChI=1S/C18H26N2S/c1-12-7-8-13(2)14(9-12)18(6,19)10-16-20-15(11-21-16)17(3,4)5/h7-9,11H,10,19H2,1-6H3. The van der Waals surface area contributed by atoms with Crippen molar-refractivity contribution in [1.82, 2.24) is 4.98 Å². The number of hydrogen-bond donors (Lipinski definition) is 1. The first-order chi connectivity index (χ1) is 9.59. The number of benzene rings is 1. The second kappa shape index (κ2) is 5.54. The number of rotatable bonds is 3. The summed E-state index contributed by atoms with van der Waals surface area (Å²) < 4.78 is 0. The van der Waals surface area contributed by atoms with Crippen molar-refractivity contribution in [2.24, 2.45) is 5.73 Å². The highest BCUT2D eigenvalue weighted by molar-refractivity contribution is 7.09. The van der Waals surface area contributed by atoms with Gasteiger partial charge < -0.3 is 5.73 Å². The number of thiazole rings is 1. The molecular weight excluding hydrogens is 276 g/mol. The molecule has 114 valence electrons. The third-order valence-electron chi connectivity index (χ3n) is 3.85. The Labute approximate surface area is 132 Å². The minimum Gasteiger partial charge on any atom is -0.321 e. The minimum atomic E-state index is -0.386. The number of hydrogen-bond acceptors (Lipinski definition) is 3. The lowest BCUT2D eigenvalue weighted by Crippen LogP contribution is -2.36. The zero-order valence-electron chi connectivity index (χ0n) is 13.9. The molecule has 0 amide bonds. The summed E-state index contributed by atoms with van der Waals surface area (Å²) in [6, 6.07) is 6.49. The molecule has 0 spiro atoms. The van der Waals surface area contributed by atoms with Gasteiger partial charge in [-0.05, 0) is 31.9 Å². The summed E-state index contributed by atoms with van der Waals surface area (Å²) in [7, 11) is 0. The molecule has 0 radical (unpaired) electrons. The van der Waals surface area contributed by atoms with E-state index in [1.165, 1.54) is 16.7 Å². The molecule has 1 heterocycles. The average Bonchev–Trinajstić information content (AvgIpc) is 2.79. The molecule has 0 saturated carbocycles. The molecule has 0 fully saturated rings. The van der Waals surface area contributed by atoms with E-state index in [4.69, 9.17) is 10.7 Å². The van der Waals surface area contributed by atoms with Crippen molar-refractivity contribution < 1.29 is 0 Å². The third kappa shape index (κ3) is 3.72. The van der Waals surface area contributed by atoms with Gasteiger partial charge in [0, 0.05) is 22.8 Å². The minimum absolute atomic E-state index is 0.0962. The first-order valence-electron chi connectivity index (χ1n) is 7.41. The van der Waals surface area contributed by atoms with Crippen molar-refractivity contribution in [3.05, 3.63) is 51.0 Å². The zero-order chi connectivity index (χ0) is 15.8. The number of aryl methyl sites for hydroxylation is 2. The Morgan fingerprint density at radius 1 is 1.14 bits per heavy atom. The van der Waals surface area contributed by atoms with Gasteiger partial charge in [0.1, 0.15) is 0 Å². The Kier molecular flexibility index (Phi) is 4.27. The third-order valence-corrected chi connectivity index (χ3v) is 4.70. The topological polar surface area (TPSA) is 38.9 Å². The number of nitrogens with two attached hydrogens (primary N) is 1. The van der Waals surface area contributed by atoms with Crippen LogP contribution in [0, 0.1) is 13.8 Å². The maximum absolute atomic E-state index is 6.62. The fraction of sp³-hybridized carbons (Fsp3) is 0.500. The number of aromatic nitrogens is 1. The normalized spacial score (nSPS) is 15.0. The SMILES string of the molecule is Cc1ccc(C)c(C(C)(N)Cc2nc(C(C)(C)C)cs2)c1. The van der Waals surface area contributed by atoms with Crippen molar-refractivity contribution in [2.45, 2.75) is 58.9 Å². The van der Waals surface area contributed by atoms with Gasteiger partial charge in [-0.3, -0.25) is 0 Å². The fourth-order valence-electron chi connectivity index (χ4n) is 2.50. The Morgan fingerprint density at radius 2 is 1.81 bits per heavy atom. The van der Waals surface area contributed by atoms with Gasteiger partial charge in [-0.1, -0.05) is 44.5 Å². The van der Waals surface area contributed by atoms with Crippen LogP contribution in [0.4, 0.5) is 0 Å². The number of nitrogens with zero attached hydrogens (tertiary/aromatic N) is 1. The van der Waals surface area contributed by atoms with E-state index in [9.17, 15) is 0 Å². The highest BCUT2D eigenvalue weighted by Gasteiger charge is 2.26. The summed E-state index contributed by atoms with van der Waals surface area (Å²) >= 11 is 1.72. The molecule has 21 heavy (non-hydrogen) atoms. The monoisotopic (exact) mass is 302 g/mol. The quantitative estimate of drug-likeness (QED) is 0.908. The van der Waals surface area contributed by atoms with Gasteiger partial charge in [-0.2, -0.15) is 0 Å². The van der Waals surface area contributed by atoms with E-state index in [1.54, 1.807) is 11.3 Å². The molecule has 0 aliphatic carbocycles. The van der Waals surface area contributed by atoms with Crippen molar-refractivity contribution in [3.63, 3.8) is 0 Å². The van der Waals surface area contributed by atoms with Gasteiger partial charge in [0.05, 0.1) is 10.7 Å². The van der Waals surface area contributed by atoms with E-state index in [0.29, 0.717) is 0 Å². The summed E-state index contributed by atoms with van der Waals surface area (Å²) in [5.41, 5.74) is 11.2. The van der Waals surface area contributed by atoms with E-state index in [0.717, 1.165) is 17.1 Å². The van der Waals surface area contributed by atoms with Crippen LogP contribution in [0.1, 0.15) is 55.1 Å². The maximum Gasteiger partial charge on any atom is 0.0950 e. The molecule has 1 aromatic carbocycles. The highest BCUT2D eigenvalue weighted by Crippen LogP contribution is 2.30. The van der Waals surface area contributed by atoms with Crippen LogP contribution < -0.4 is 5.73 Å². The van der Waals surface area contributed by atoms with Crippen LogP contribution in [0.25, 0.3) is 0 Å². The van der Waals surface area contributed by atoms with Gasteiger partial charge in [-0.25, -0.2) is 4.98 Å². The fourth-order valence-corrected chi connectivity index (χ4v) is 3.69. The second-order valence-electron chi connectivity index (χ2n) is 7.29. The molecule has 2 rings (SSSR count). The molecular formula is C18H26N2S. The molecule has 2 nitrogen and oxygen atoms in total. The largest absolute Gasteiger partial charge is 0.321 e. The van der Waals surface area contributed by atoms with Crippen LogP contribution in [-0.4, -0.2) is 4.98 Å². The summed E-state index contributed by atoms with van der Waals surface area (Å²) in [5.74, 6) is 0. The highest BCUT2D eigenvalue weighted by atomic mass is 32.1. The first kappa shape index (κ1) is 16.2. The molecule has 2 aromatic rings. The van der Waals surface area contributed by atoms with Crippen LogP contribution >= 0.6 is 11.3 Å². The summed E-state index contributed by atoms with van der Waals surface area (Å²) in [6.45, 7) is 12.9. The lowest BCUT2D eigenvalue weighted by molar-refractivity contribution is 0.483. The molecule has 2 N–H and O–H groups in total. The molecule has 0 aliphatic heterocycles. The second-order valence-corrected chi connectivity index (χ2v) is 8.23. The van der Waals surface area contributed by atoms with Gasteiger partial charge in [0.2, 0.25) is 0 Å². The molecule has 1 atom stereocenters. The Balaban J connectivity index is 2.29. The predicted molar refractivity (Wildman–Crippen MR) is 92.0 cm³/mol. The molecule has 1 aromatic heterocycles. The van der Waals surface area contributed by atoms with Crippen LogP contribution in [0.5, 0.6) is 0 Å². The first-order valence-corrected chi connectivity index (χ1v) is 8.29. The summed E-state index contributed by atoms with van der Waals surface area (Å²) in [6.07, 6.45) is 0.776. The lowest BCUT2D eigenvalue weighted by atomic mass is 9.86. The predicted octanol–water partition coefficient (Wildman–Crippen LogP) is 4.47. The molecule has 0 bridgehead atoms. The smallest absolute Gasteiger partial charge is 0.0950 e. The van der Waals surface area contributed by atoms with E-state index in [2.05, 4.69) is 65.1 Å². The van der Waals surface area contributed by atoms with Crippen LogP contribution in [0.2, 0.25) is 0 Å². The van der Waals surface area contributed by atoms with Crippen molar-refractivity contribution in [2.75, 3.05) is 0 Å². The van der Waals surface area contributed by atoms with Crippen LogP contribution in [-0.2, 0) is 17.4 Å². The van der Waals surface area contributed by atoms with Crippen LogP contribution in [0.3, 0.4) is 0 Å². The Morgan fingerprint density at radius 3 is 2.38 bits per heavy atom. The van der Waals surface area contributed by atoms with E-state index >= 15 is 0 Å². The van der Waals surface area contributed by atoms with Crippen molar-refractivity contribution >= 4 is 11.3 Å². The van der Waals surface area contributed by atoms with Gasteiger partial charge in [-0.15, -0.1) is 11.3 Å². The van der Waals surface area contributed by atoms with Gasteiger partial charge in [0.25, 0.3) is 0 Å². The molecule has 1 unspecified atom stereocenters.